The molecule has 4 heterocycles. The fourth-order valence-corrected chi connectivity index (χ4v) is 6.95. The highest BCUT2D eigenvalue weighted by atomic mass is 35.5. The molecule has 5 atom stereocenters. The minimum absolute atomic E-state index is 0.0802. The number of hydrogen-bond acceptors (Lipinski definition) is 8. The number of aromatic nitrogens is 4. The molecule has 35 heavy (non-hydrogen) atoms. The molecule has 2 fully saturated rings. The van der Waals surface area contributed by atoms with Crippen molar-refractivity contribution in [1.82, 2.24) is 24.8 Å². The van der Waals surface area contributed by atoms with Crippen LogP contribution in [0.15, 0.2) is 18.3 Å². The Balaban J connectivity index is 1.35. The minimum atomic E-state index is -0.351. The summed E-state index contributed by atoms with van der Waals surface area (Å²) >= 11 is 14.5. The van der Waals surface area contributed by atoms with E-state index in [2.05, 4.69) is 32.4 Å². The number of halogens is 2. The number of pyridine rings is 1. The van der Waals surface area contributed by atoms with Crippen LogP contribution in [-0.2, 0) is 4.79 Å². The lowest BCUT2D eigenvalue weighted by Crippen LogP contribution is -2.43. The summed E-state index contributed by atoms with van der Waals surface area (Å²) in [5.41, 5.74) is 1.83. The van der Waals surface area contributed by atoms with E-state index in [4.69, 9.17) is 28.2 Å². The summed E-state index contributed by atoms with van der Waals surface area (Å²) in [7, 11) is 3.59. The number of aromatic amines is 1. The van der Waals surface area contributed by atoms with Crippen LogP contribution in [0.2, 0.25) is 10.2 Å². The van der Waals surface area contributed by atoms with Crippen LogP contribution < -0.4 is 10.2 Å². The van der Waals surface area contributed by atoms with Gasteiger partial charge in [0.1, 0.15) is 10.4 Å². The standard InChI is InChI=1S/C23H25Cl2N7O2S/c1-31(2)22(34)14-10-3-4-11(7-10)15(14)27-16-13(24)8-26-20-17(16)28-21(30-20)18-19(25)29-23(35-18)32-6-5-12(33)9-32/h3-4,8,10-12,14-15,33H,5-7,9H2,1-2H3,(H2,26,27,28,30)/t10?,11?,12-,14?,15?/m1/s1. The van der Waals surface area contributed by atoms with Gasteiger partial charge in [-0.1, -0.05) is 46.7 Å². The number of imidazole rings is 1. The van der Waals surface area contributed by atoms with Crippen molar-refractivity contribution < 1.29 is 9.90 Å². The smallest absolute Gasteiger partial charge is 0.227 e. The second-order valence-electron chi connectivity index (χ2n) is 9.65. The molecule has 12 heteroatoms. The Hall–Kier alpha value is -2.40. The summed E-state index contributed by atoms with van der Waals surface area (Å²) < 4.78 is 0. The zero-order chi connectivity index (χ0) is 24.4. The second kappa shape index (κ2) is 8.62. The molecule has 1 amide bonds. The first-order valence-corrected chi connectivity index (χ1v) is 13.2. The van der Waals surface area contributed by atoms with Crippen LogP contribution in [0.1, 0.15) is 12.8 Å². The molecular weight excluding hydrogens is 509 g/mol. The minimum Gasteiger partial charge on any atom is -0.391 e. The molecule has 3 aromatic rings. The van der Waals surface area contributed by atoms with Crippen LogP contribution in [0.3, 0.4) is 0 Å². The van der Waals surface area contributed by atoms with Gasteiger partial charge in [0.2, 0.25) is 5.91 Å². The van der Waals surface area contributed by atoms with E-state index in [-0.39, 0.29) is 35.8 Å². The van der Waals surface area contributed by atoms with Gasteiger partial charge < -0.3 is 25.2 Å². The monoisotopic (exact) mass is 533 g/mol. The number of nitrogens with zero attached hydrogens (tertiary/aromatic N) is 5. The van der Waals surface area contributed by atoms with E-state index in [0.717, 1.165) is 18.1 Å². The number of aliphatic hydroxyl groups excluding tert-OH is 1. The molecule has 1 saturated heterocycles. The first-order chi connectivity index (χ1) is 16.8. The lowest BCUT2D eigenvalue weighted by molar-refractivity contribution is -0.133. The topological polar surface area (TPSA) is 110 Å². The fraction of sp³-hybridized carbons (Fsp3) is 0.478. The summed E-state index contributed by atoms with van der Waals surface area (Å²) in [6.07, 6.45) is 7.25. The maximum Gasteiger partial charge on any atom is 0.227 e. The van der Waals surface area contributed by atoms with Gasteiger partial charge in [0.25, 0.3) is 0 Å². The van der Waals surface area contributed by atoms with Gasteiger partial charge in [-0.25, -0.2) is 15.0 Å². The number of carbonyl (C=O) groups excluding carboxylic acids is 1. The van der Waals surface area contributed by atoms with Gasteiger partial charge in [-0.05, 0) is 24.7 Å². The van der Waals surface area contributed by atoms with Crippen molar-refractivity contribution >= 4 is 62.4 Å². The number of hydrogen-bond donors (Lipinski definition) is 3. The van der Waals surface area contributed by atoms with Gasteiger partial charge in [-0.3, -0.25) is 4.79 Å². The summed E-state index contributed by atoms with van der Waals surface area (Å²) in [5.74, 6) is 0.976. The van der Waals surface area contributed by atoms with Crippen molar-refractivity contribution in [2.75, 3.05) is 37.4 Å². The molecule has 3 N–H and O–H groups in total. The lowest BCUT2D eigenvalue weighted by atomic mass is 9.87. The first kappa shape index (κ1) is 23.0. The molecule has 9 nitrogen and oxygen atoms in total. The number of thiazole rings is 1. The lowest BCUT2D eigenvalue weighted by Gasteiger charge is -2.31. The van der Waals surface area contributed by atoms with Crippen LogP contribution in [-0.4, -0.2) is 75.2 Å². The first-order valence-electron chi connectivity index (χ1n) is 11.6. The van der Waals surface area contributed by atoms with E-state index in [1.54, 1.807) is 25.2 Å². The number of amides is 1. The third-order valence-electron chi connectivity index (χ3n) is 7.19. The van der Waals surface area contributed by atoms with Crippen molar-refractivity contribution in [1.29, 1.82) is 0 Å². The number of nitrogens with one attached hydrogen (secondary N) is 2. The van der Waals surface area contributed by atoms with Gasteiger partial charge in [0.15, 0.2) is 21.8 Å². The van der Waals surface area contributed by atoms with E-state index < -0.39 is 0 Å². The molecule has 3 aromatic heterocycles. The predicted molar refractivity (Wildman–Crippen MR) is 138 cm³/mol. The van der Waals surface area contributed by atoms with Crippen LogP contribution in [0.25, 0.3) is 21.9 Å². The van der Waals surface area contributed by atoms with Crippen LogP contribution in [0, 0.1) is 17.8 Å². The molecule has 2 aliphatic carbocycles. The Labute approximate surface area is 216 Å². The van der Waals surface area contributed by atoms with E-state index in [1.165, 1.54) is 11.3 Å². The maximum atomic E-state index is 13.0. The molecule has 184 valence electrons. The third kappa shape index (κ3) is 3.87. The number of H-pyrrole nitrogens is 1. The molecular formula is C23H25Cl2N7O2S. The Morgan fingerprint density at radius 1 is 1.29 bits per heavy atom. The third-order valence-corrected chi connectivity index (χ3v) is 8.98. The van der Waals surface area contributed by atoms with Gasteiger partial charge in [0, 0.05) is 33.2 Å². The van der Waals surface area contributed by atoms with Crippen molar-refractivity contribution in [2.24, 2.45) is 17.8 Å². The van der Waals surface area contributed by atoms with Gasteiger partial charge in [-0.2, -0.15) is 0 Å². The highest BCUT2D eigenvalue weighted by Crippen LogP contribution is 2.47. The fourth-order valence-electron chi connectivity index (χ4n) is 5.48. The van der Waals surface area contributed by atoms with Crippen molar-refractivity contribution in [3.8, 4) is 10.7 Å². The Kier molecular flexibility index (Phi) is 5.67. The molecule has 4 unspecified atom stereocenters. The summed E-state index contributed by atoms with van der Waals surface area (Å²) in [4.78, 5) is 34.4. The quantitative estimate of drug-likeness (QED) is 0.429. The van der Waals surface area contributed by atoms with Crippen molar-refractivity contribution in [3.05, 3.63) is 28.5 Å². The zero-order valence-electron chi connectivity index (χ0n) is 19.2. The largest absolute Gasteiger partial charge is 0.391 e. The van der Waals surface area contributed by atoms with Crippen LogP contribution in [0.4, 0.5) is 10.8 Å². The predicted octanol–water partition coefficient (Wildman–Crippen LogP) is 3.65. The average Bonchev–Trinajstić information content (AvgIpc) is 3.63. The van der Waals surface area contributed by atoms with Crippen LogP contribution >= 0.6 is 34.5 Å². The van der Waals surface area contributed by atoms with E-state index in [0.29, 0.717) is 50.7 Å². The number of anilines is 2. The Morgan fingerprint density at radius 2 is 2.09 bits per heavy atom. The number of carbonyl (C=O) groups is 1. The summed E-state index contributed by atoms with van der Waals surface area (Å²) in [5, 5.41) is 15.0. The molecule has 6 rings (SSSR count). The highest BCUT2D eigenvalue weighted by molar-refractivity contribution is 7.19. The van der Waals surface area contributed by atoms with E-state index in [1.807, 2.05) is 4.90 Å². The Bertz CT molecular complexity index is 1340. The van der Waals surface area contributed by atoms with Gasteiger partial charge in [-0.15, -0.1) is 0 Å². The average molecular weight is 534 g/mol. The molecule has 2 bridgehead atoms. The molecule has 1 saturated carbocycles. The number of aliphatic hydroxyl groups is 1. The van der Waals surface area contributed by atoms with E-state index in [9.17, 15) is 9.90 Å². The molecule has 0 radical (unpaired) electrons. The maximum absolute atomic E-state index is 13.0. The zero-order valence-corrected chi connectivity index (χ0v) is 21.5. The molecule has 0 aromatic carbocycles. The van der Waals surface area contributed by atoms with Gasteiger partial charge >= 0.3 is 0 Å². The summed E-state index contributed by atoms with van der Waals surface area (Å²) in [6.45, 7) is 1.28. The van der Waals surface area contributed by atoms with Gasteiger partial charge in [0.05, 0.1) is 28.9 Å². The SMILES string of the molecule is CN(C)C(=O)C1C2C=CC(C2)C1Nc1c(Cl)cnc2[nH]c(-c3sc(N4CC[C@@H](O)C4)nc3Cl)nc12. The second-order valence-corrected chi connectivity index (χ2v) is 11.4. The molecule has 3 aliphatic rings. The van der Waals surface area contributed by atoms with Crippen molar-refractivity contribution in [2.45, 2.75) is 25.0 Å². The van der Waals surface area contributed by atoms with Crippen LogP contribution in [0.5, 0.6) is 0 Å². The molecule has 1 aliphatic heterocycles. The number of rotatable bonds is 5. The Morgan fingerprint density at radius 3 is 2.83 bits per heavy atom. The highest BCUT2D eigenvalue weighted by Gasteiger charge is 2.49. The number of β-amino-alcohol motifs (C(OH)–C–C–N with tert-alkyl or cyclic N) is 1. The van der Waals surface area contributed by atoms with Crippen molar-refractivity contribution in [3.63, 3.8) is 0 Å². The number of fused-ring (bicyclic) bond motifs is 3. The summed E-state index contributed by atoms with van der Waals surface area (Å²) in [6, 6.07) is -0.0802. The molecule has 0 spiro atoms. The normalized spacial score (nSPS) is 27.3. The van der Waals surface area contributed by atoms with E-state index >= 15 is 0 Å². The number of allylic oxidation sites excluding steroid dienone is 1.